The molecule has 1 heterocycles. The number of nitrogens with one attached hydrogen (secondary N) is 1. The van der Waals surface area contributed by atoms with E-state index >= 15 is 0 Å². The van der Waals surface area contributed by atoms with Crippen molar-refractivity contribution in [1.29, 1.82) is 0 Å². The van der Waals surface area contributed by atoms with Crippen LogP contribution >= 0.6 is 11.6 Å². The van der Waals surface area contributed by atoms with Gasteiger partial charge in [-0.25, -0.2) is 4.79 Å². The van der Waals surface area contributed by atoms with Gasteiger partial charge in [-0.3, -0.25) is 9.69 Å². The molecule has 6 nitrogen and oxygen atoms in total. The Bertz CT molecular complexity index is 1130. The van der Waals surface area contributed by atoms with Gasteiger partial charge in [0.2, 0.25) is 5.91 Å². The maximum Gasteiger partial charge on any atom is 0.337 e. The Hall–Kier alpha value is -3.35. The molecular formula is C26H26ClN3O3. The van der Waals surface area contributed by atoms with Gasteiger partial charge < -0.3 is 15.3 Å². The highest BCUT2D eigenvalue weighted by Gasteiger charge is 2.28. The largest absolute Gasteiger partial charge is 0.478 e. The van der Waals surface area contributed by atoms with Crippen LogP contribution in [0.5, 0.6) is 0 Å². The minimum Gasteiger partial charge on any atom is -0.478 e. The molecule has 1 fully saturated rings. The number of aromatic carboxylic acids is 1. The topological polar surface area (TPSA) is 72.9 Å². The fourth-order valence-corrected chi connectivity index (χ4v) is 4.51. The van der Waals surface area contributed by atoms with Crippen molar-refractivity contribution in [2.75, 3.05) is 36.4 Å². The van der Waals surface area contributed by atoms with E-state index in [-0.39, 0.29) is 17.5 Å². The zero-order valence-corrected chi connectivity index (χ0v) is 19.1. The summed E-state index contributed by atoms with van der Waals surface area (Å²) in [6.45, 7) is 4.33. The van der Waals surface area contributed by atoms with E-state index in [1.807, 2.05) is 30.3 Å². The number of hydrogen-bond acceptors (Lipinski definition) is 4. The van der Waals surface area contributed by atoms with Crippen molar-refractivity contribution in [1.82, 2.24) is 4.90 Å². The number of rotatable bonds is 6. The molecule has 3 aromatic carbocycles. The van der Waals surface area contributed by atoms with Crippen molar-refractivity contribution in [3.63, 3.8) is 0 Å². The summed E-state index contributed by atoms with van der Waals surface area (Å²) < 4.78 is 0. The fraction of sp³-hybridized carbons (Fsp3) is 0.231. The van der Waals surface area contributed by atoms with Gasteiger partial charge in [0.15, 0.2) is 0 Å². The van der Waals surface area contributed by atoms with Crippen molar-refractivity contribution in [3.8, 4) is 0 Å². The number of nitrogens with zero attached hydrogens (tertiary/aromatic N) is 2. The SMILES string of the molecule is CC(=O)Nc1ccc(N2CCN(C(c3ccccc3)c3ccc(Cl)cc3)CC2)c(C(=O)O)c1. The zero-order chi connectivity index (χ0) is 23.4. The van der Waals surface area contributed by atoms with Crippen LogP contribution in [-0.4, -0.2) is 48.1 Å². The van der Waals surface area contributed by atoms with Crippen LogP contribution in [0.2, 0.25) is 5.02 Å². The van der Waals surface area contributed by atoms with Crippen LogP contribution in [0.15, 0.2) is 72.8 Å². The molecule has 0 saturated carbocycles. The number of carboxylic acids is 1. The number of amides is 1. The minimum atomic E-state index is -1.01. The predicted molar refractivity (Wildman–Crippen MR) is 131 cm³/mol. The third-order valence-electron chi connectivity index (χ3n) is 5.87. The summed E-state index contributed by atoms with van der Waals surface area (Å²) in [7, 11) is 0. The standard InChI is InChI=1S/C26H26ClN3O3/c1-18(31)28-22-11-12-24(23(17-22)26(32)33)29-13-15-30(16-14-29)25(19-5-3-2-4-6-19)20-7-9-21(27)10-8-20/h2-12,17,25H,13-16H2,1H3,(H,28,31)(H,32,33). The first-order valence-corrected chi connectivity index (χ1v) is 11.2. The summed E-state index contributed by atoms with van der Waals surface area (Å²) in [6.07, 6.45) is 0. The number of benzene rings is 3. The van der Waals surface area contributed by atoms with Crippen LogP contribution in [0.4, 0.5) is 11.4 Å². The summed E-state index contributed by atoms with van der Waals surface area (Å²) in [5.74, 6) is -1.25. The summed E-state index contributed by atoms with van der Waals surface area (Å²) in [6, 6.07) is 23.5. The van der Waals surface area contributed by atoms with E-state index < -0.39 is 5.97 Å². The number of halogens is 1. The number of anilines is 2. The molecule has 1 amide bonds. The van der Waals surface area contributed by atoms with E-state index in [9.17, 15) is 14.7 Å². The third-order valence-corrected chi connectivity index (χ3v) is 6.12. The number of carbonyl (C=O) groups is 2. The molecule has 7 heteroatoms. The van der Waals surface area contributed by atoms with Gasteiger partial charge in [-0.05, 0) is 41.5 Å². The normalized spacial score (nSPS) is 15.2. The van der Waals surface area contributed by atoms with Gasteiger partial charge >= 0.3 is 5.97 Å². The van der Waals surface area contributed by atoms with Gasteiger partial charge in [-0.1, -0.05) is 54.1 Å². The van der Waals surface area contributed by atoms with E-state index in [2.05, 4.69) is 39.4 Å². The number of carboxylic acid groups (broad SMARTS) is 1. The molecule has 1 unspecified atom stereocenters. The first-order chi connectivity index (χ1) is 15.9. The van der Waals surface area contributed by atoms with Gasteiger partial charge in [0, 0.05) is 43.8 Å². The average molecular weight is 464 g/mol. The molecule has 0 bridgehead atoms. The molecule has 0 radical (unpaired) electrons. The van der Waals surface area contributed by atoms with Crippen LogP contribution < -0.4 is 10.2 Å². The molecule has 2 N–H and O–H groups in total. The Morgan fingerprint density at radius 1 is 0.909 bits per heavy atom. The lowest BCUT2D eigenvalue weighted by Gasteiger charge is -2.41. The summed E-state index contributed by atoms with van der Waals surface area (Å²) in [4.78, 5) is 27.8. The molecule has 0 aromatic heterocycles. The number of hydrogen-bond donors (Lipinski definition) is 2. The van der Waals surface area contributed by atoms with Gasteiger partial charge in [0.25, 0.3) is 0 Å². The van der Waals surface area contributed by atoms with Gasteiger partial charge in [0.05, 0.1) is 17.3 Å². The molecule has 33 heavy (non-hydrogen) atoms. The smallest absolute Gasteiger partial charge is 0.337 e. The van der Waals surface area contributed by atoms with Crippen LogP contribution in [0.25, 0.3) is 0 Å². The summed E-state index contributed by atoms with van der Waals surface area (Å²) >= 11 is 6.12. The molecule has 1 aliphatic rings. The maximum absolute atomic E-state index is 11.9. The zero-order valence-electron chi connectivity index (χ0n) is 18.4. The molecule has 0 spiro atoms. The third kappa shape index (κ3) is 5.35. The van der Waals surface area contributed by atoms with E-state index in [1.165, 1.54) is 24.1 Å². The predicted octanol–water partition coefficient (Wildman–Crippen LogP) is 4.91. The van der Waals surface area contributed by atoms with E-state index in [0.29, 0.717) is 29.5 Å². The molecular weight excluding hydrogens is 438 g/mol. The number of carbonyl (C=O) groups excluding carboxylic acids is 1. The summed E-state index contributed by atoms with van der Waals surface area (Å²) in [5.41, 5.74) is 3.71. The Morgan fingerprint density at radius 2 is 1.55 bits per heavy atom. The molecule has 3 aromatic rings. The highest BCUT2D eigenvalue weighted by atomic mass is 35.5. The van der Waals surface area contributed by atoms with Gasteiger partial charge in [-0.2, -0.15) is 0 Å². The van der Waals surface area contributed by atoms with E-state index in [0.717, 1.165) is 13.1 Å². The number of piperazine rings is 1. The highest BCUT2D eigenvalue weighted by Crippen LogP contribution is 2.32. The van der Waals surface area contributed by atoms with Crippen molar-refractivity contribution in [3.05, 3.63) is 94.5 Å². The Labute approximate surface area is 198 Å². The van der Waals surface area contributed by atoms with Gasteiger partial charge in [-0.15, -0.1) is 0 Å². The second-order valence-electron chi connectivity index (χ2n) is 8.11. The molecule has 4 rings (SSSR count). The maximum atomic E-state index is 11.9. The Balaban J connectivity index is 1.56. The van der Waals surface area contributed by atoms with Gasteiger partial charge in [0.1, 0.15) is 0 Å². The van der Waals surface area contributed by atoms with Crippen LogP contribution in [0.1, 0.15) is 34.5 Å². The first kappa shape index (κ1) is 22.8. The second kappa shape index (κ2) is 10.1. The lowest BCUT2D eigenvalue weighted by Crippen LogP contribution is -2.48. The van der Waals surface area contributed by atoms with Crippen molar-refractivity contribution >= 4 is 34.9 Å². The Morgan fingerprint density at radius 3 is 2.15 bits per heavy atom. The lowest BCUT2D eigenvalue weighted by atomic mass is 9.96. The van der Waals surface area contributed by atoms with Crippen molar-refractivity contribution in [2.45, 2.75) is 13.0 Å². The molecule has 170 valence electrons. The molecule has 1 saturated heterocycles. The molecule has 0 aliphatic carbocycles. The van der Waals surface area contributed by atoms with Crippen LogP contribution in [0, 0.1) is 0 Å². The van der Waals surface area contributed by atoms with Crippen molar-refractivity contribution < 1.29 is 14.7 Å². The van der Waals surface area contributed by atoms with Crippen LogP contribution in [-0.2, 0) is 4.79 Å². The van der Waals surface area contributed by atoms with E-state index in [1.54, 1.807) is 12.1 Å². The second-order valence-corrected chi connectivity index (χ2v) is 8.54. The summed E-state index contributed by atoms with van der Waals surface area (Å²) in [5, 5.41) is 13.1. The highest BCUT2D eigenvalue weighted by molar-refractivity contribution is 6.30. The fourth-order valence-electron chi connectivity index (χ4n) is 4.38. The quantitative estimate of drug-likeness (QED) is 0.543. The van der Waals surface area contributed by atoms with Crippen LogP contribution in [0.3, 0.4) is 0 Å². The molecule has 1 atom stereocenters. The molecule has 1 aliphatic heterocycles. The Kier molecular flexibility index (Phi) is 6.96. The monoisotopic (exact) mass is 463 g/mol. The first-order valence-electron chi connectivity index (χ1n) is 10.9. The average Bonchev–Trinajstić information content (AvgIpc) is 2.81. The minimum absolute atomic E-state index is 0.0895. The van der Waals surface area contributed by atoms with Crippen molar-refractivity contribution in [2.24, 2.45) is 0 Å². The lowest BCUT2D eigenvalue weighted by molar-refractivity contribution is -0.114. The van der Waals surface area contributed by atoms with E-state index in [4.69, 9.17) is 11.6 Å².